The maximum absolute atomic E-state index is 10.3. The lowest BCUT2D eigenvalue weighted by molar-refractivity contribution is -0.0119. The van der Waals surface area contributed by atoms with E-state index in [-0.39, 0.29) is 6.61 Å². The van der Waals surface area contributed by atoms with Crippen LogP contribution in [-0.4, -0.2) is 31.5 Å². The van der Waals surface area contributed by atoms with Gasteiger partial charge in [0, 0.05) is 6.54 Å². The van der Waals surface area contributed by atoms with Crippen molar-refractivity contribution >= 4 is 11.6 Å². The molecule has 0 saturated carbocycles. The Morgan fingerprint density at radius 3 is 2.45 bits per heavy atom. The van der Waals surface area contributed by atoms with Gasteiger partial charge in [-0.1, -0.05) is 25.4 Å². The summed E-state index contributed by atoms with van der Waals surface area (Å²) in [5, 5.41) is 13.8. The molecule has 0 atom stereocenters. The quantitative estimate of drug-likeness (QED) is 0.775. The zero-order valence-electron chi connectivity index (χ0n) is 12.6. The average molecular weight is 302 g/mol. The van der Waals surface area contributed by atoms with Crippen LogP contribution in [0.3, 0.4) is 0 Å². The van der Waals surface area contributed by atoms with E-state index in [1.807, 2.05) is 33.0 Å². The number of ether oxygens (including phenoxy) is 2. The first-order valence-electron chi connectivity index (χ1n) is 6.85. The summed E-state index contributed by atoms with van der Waals surface area (Å²) in [5.74, 6) is 1.06. The second kappa shape index (κ2) is 7.72. The van der Waals surface area contributed by atoms with Crippen molar-refractivity contribution in [3.05, 3.63) is 22.7 Å². The molecule has 0 aliphatic carbocycles. The first-order chi connectivity index (χ1) is 9.49. The highest BCUT2D eigenvalue weighted by atomic mass is 35.5. The summed E-state index contributed by atoms with van der Waals surface area (Å²) in [5.41, 5.74) is 0.181. The normalized spacial score (nSPS) is 11.5. The van der Waals surface area contributed by atoms with Crippen molar-refractivity contribution in [3.8, 4) is 11.5 Å². The number of methoxy groups -OCH3 is 1. The zero-order valence-corrected chi connectivity index (χ0v) is 13.4. The second-order valence-electron chi connectivity index (χ2n) is 4.86. The van der Waals surface area contributed by atoms with Crippen LogP contribution < -0.4 is 14.8 Å². The van der Waals surface area contributed by atoms with Gasteiger partial charge in [0.15, 0.2) is 11.5 Å². The van der Waals surface area contributed by atoms with Gasteiger partial charge in [-0.25, -0.2) is 0 Å². The molecule has 1 aromatic rings. The highest BCUT2D eigenvalue weighted by Crippen LogP contribution is 2.37. The van der Waals surface area contributed by atoms with Crippen LogP contribution in [0.2, 0.25) is 5.02 Å². The molecule has 0 heterocycles. The van der Waals surface area contributed by atoms with Crippen LogP contribution in [0.4, 0.5) is 0 Å². The molecule has 1 rings (SSSR count). The molecular formula is C15H24ClNO3. The second-order valence-corrected chi connectivity index (χ2v) is 5.27. The van der Waals surface area contributed by atoms with Crippen molar-refractivity contribution < 1.29 is 14.6 Å². The summed E-state index contributed by atoms with van der Waals surface area (Å²) in [6, 6.07) is 3.72. The van der Waals surface area contributed by atoms with E-state index in [2.05, 4.69) is 5.32 Å². The lowest BCUT2D eigenvalue weighted by Crippen LogP contribution is -2.34. The lowest BCUT2D eigenvalue weighted by Gasteiger charge is -2.26. The van der Waals surface area contributed by atoms with Crippen LogP contribution in [-0.2, 0) is 6.54 Å². The monoisotopic (exact) mass is 301 g/mol. The number of hydrogen-bond donors (Lipinski definition) is 2. The number of nitrogens with one attached hydrogen (secondary N) is 1. The molecule has 2 N–H and O–H groups in total. The highest BCUT2D eigenvalue weighted by molar-refractivity contribution is 6.32. The van der Waals surface area contributed by atoms with E-state index in [9.17, 15) is 5.11 Å². The van der Waals surface area contributed by atoms with Crippen molar-refractivity contribution in [2.75, 3.05) is 20.8 Å². The molecule has 20 heavy (non-hydrogen) atoms. The van der Waals surface area contributed by atoms with Crippen LogP contribution in [0.1, 0.15) is 32.3 Å². The van der Waals surface area contributed by atoms with Crippen LogP contribution in [0.15, 0.2) is 12.1 Å². The third kappa shape index (κ3) is 4.27. The third-order valence-electron chi connectivity index (χ3n) is 3.47. The fourth-order valence-corrected chi connectivity index (χ4v) is 2.17. The molecule has 0 saturated heterocycles. The van der Waals surface area contributed by atoms with Crippen LogP contribution in [0.25, 0.3) is 0 Å². The Morgan fingerprint density at radius 1 is 1.30 bits per heavy atom. The van der Waals surface area contributed by atoms with Gasteiger partial charge in [-0.3, -0.25) is 0 Å². The number of rotatable bonds is 8. The van der Waals surface area contributed by atoms with Crippen LogP contribution >= 0.6 is 11.6 Å². The minimum Gasteiger partial charge on any atom is -0.493 e. The van der Waals surface area contributed by atoms with E-state index in [1.165, 1.54) is 0 Å². The van der Waals surface area contributed by atoms with E-state index in [1.54, 1.807) is 7.11 Å². The van der Waals surface area contributed by atoms with Crippen LogP contribution in [0.5, 0.6) is 11.5 Å². The molecule has 0 aromatic heterocycles. The first-order valence-corrected chi connectivity index (χ1v) is 7.23. The Hall–Kier alpha value is -0.970. The highest BCUT2D eigenvalue weighted by Gasteiger charge is 2.24. The molecule has 0 amide bonds. The molecule has 1 aromatic carbocycles. The third-order valence-corrected chi connectivity index (χ3v) is 3.75. The predicted molar refractivity (Wildman–Crippen MR) is 81.8 cm³/mol. The Morgan fingerprint density at radius 2 is 1.95 bits per heavy atom. The van der Waals surface area contributed by atoms with Gasteiger partial charge in [0.2, 0.25) is 0 Å². The minimum absolute atomic E-state index is 0.196. The van der Waals surface area contributed by atoms with E-state index >= 15 is 0 Å². The molecule has 0 fully saturated rings. The number of halogens is 1. The van der Waals surface area contributed by atoms with Gasteiger partial charge in [-0.2, -0.15) is 0 Å². The Balaban J connectivity index is 2.94. The molecule has 0 radical (unpaired) electrons. The predicted octanol–water partition coefficient (Wildman–Crippen LogP) is 3.00. The molecule has 0 unspecified atom stereocenters. The van der Waals surface area contributed by atoms with Gasteiger partial charge in [-0.05, 0) is 37.6 Å². The number of aliphatic hydroxyl groups is 1. The molecule has 0 aliphatic rings. The van der Waals surface area contributed by atoms with E-state index in [4.69, 9.17) is 21.1 Å². The van der Waals surface area contributed by atoms with Crippen molar-refractivity contribution in [2.24, 2.45) is 0 Å². The van der Waals surface area contributed by atoms with Gasteiger partial charge in [-0.15, -0.1) is 0 Å². The van der Waals surface area contributed by atoms with Crippen molar-refractivity contribution in [2.45, 2.75) is 38.8 Å². The Bertz CT molecular complexity index is 433. The summed E-state index contributed by atoms with van der Waals surface area (Å²) in [6.07, 6.45) is 1.25. The largest absolute Gasteiger partial charge is 0.493 e. The maximum Gasteiger partial charge on any atom is 0.179 e. The van der Waals surface area contributed by atoms with Gasteiger partial charge >= 0.3 is 0 Å². The molecular weight excluding hydrogens is 278 g/mol. The fourth-order valence-electron chi connectivity index (χ4n) is 1.88. The molecule has 0 aliphatic heterocycles. The van der Waals surface area contributed by atoms with Crippen molar-refractivity contribution in [3.63, 3.8) is 0 Å². The van der Waals surface area contributed by atoms with Gasteiger partial charge in [0.05, 0.1) is 17.7 Å². The number of benzene rings is 1. The SMILES string of the molecule is CCC(O)(CC)COc1c(Cl)cc(CNC)cc1OC. The van der Waals surface area contributed by atoms with Gasteiger partial charge in [0.25, 0.3) is 0 Å². The molecule has 4 nitrogen and oxygen atoms in total. The smallest absolute Gasteiger partial charge is 0.179 e. The topological polar surface area (TPSA) is 50.7 Å². The minimum atomic E-state index is -0.835. The van der Waals surface area contributed by atoms with Gasteiger partial charge < -0.3 is 19.9 Å². The summed E-state index contributed by atoms with van der Waals surface area (Å²) < 4.78 is 11.0. The van der Waals surface area contributed by atoms with E-state index < -0.39 is 5.60 Å². The summed E-state index contributed by atoms with van der Waals surface area (Å²) in [4.78, 5) is 0. The summed E-state index contributed by atoms with van der Waals surface area (Å²) in [6.45, 7) is 4.76. The van der Waals surface area contributed by atoms with Gasteiger partial charge in [0.1, 0.15) is 6.61 Å². The molecule has 114 valence electrons. The average Bonchev–Trinajstić information content (AvgIpc) is 2.45. The molecule has 0 spiro atoms. The lowest BCUT2D eigenvalue weighted by atomic mass is 9.99. The van der Waals surface area contributed by atoms with Crippen molar-refractivity contribution in [1.82, 2.24) is 5.32 Å². The maximum atomic E-state index is 10.3. The molecule has 0 bridgehead atoms. The zero-order chi connectivity index (χ0) is 15.2. The fraction of sp³-hybridized carbons (Fsp3) is 0.600. The Kier molecular flexibility index (Phi) is 6.59. The van der Waals surface area contributed by atoms with Crippen LogP contribution in [0, 0.1) is 0 Å². The van der Waals surface area contributed by atoms with Crippen molar-refractivity contribution in [1.29, 1.82) is 0 Å². The Labute approximate surface area is 126 Å². The summed E-state index contributed by atoms with van der Waals surface area (Å²) in [7, 11) is 3.45. The van der Waals surface area contributed by atoms with E-state index in [0.29, 0.717) is 35.9 Å². The first kappa shape index (κ1) is 17.1. The molecule has 5 heteroatoms. The standard InChI is InChI=1S/C15H24ClNO3/c1-5-15(18,6-2)10-20-14-12(16)7-11(9-17-3)8-13(14)19-4/h7-8,17-18H,5-6,9-10H2,1-4H3. The summed E-state index contributed by atoms with van der Waals surface area (Å²) >= 11 is 6.25. The number of hydrogen-bond acceptors (Lipinski definition) is 4. The van der Waals surface area contributed by atoms with E-state index in [0.717, 1.165) is 5.56 Å².